The third-order valence-corrected chi connectivity index (χ3v) is 7.57. The number of nitrogens with one attached hydrogen (secondary N) is 2. The Bertz CT molecular complexity index is 1320. The Morgan fingerprint density at radius 2 is 1.58 bits per heavy atom. The van der Waals surface area contributed by atoms with E-state index in [1.54, 1.807) is 43.3 Å². The van der Waals surface area contributed by atoms with Crippen molar-refractivity contribution < 1.29 is 18.8 Å². The first kappa shape index (κ1) is 25.4. The van der Waals surface area contributed by atoms with E-state index in [4.69, 9.17) is 0 Å². The summed E-state index contributed by atoms with van der Waals surface area (Å²) in [6, 6.07) is 14.8. The summed E-state index contributed by atoms with van der Waals surface area (Å²) in [5.74, 6) is -0.443. The highest BCUT2D eigenvalue weighted by molar-refractivity contribution is 6.01. The topological polar surface area (TPSA) is 99.6 Å². The quantitative estimate of drug-likeness (QED) is 0.527. The van der Waals surface area contributed by atoms with Crippen LogP contribution in [-0.4, -0.2) is 58.7 Å². The van der Waals surface area contributed by atoms with Crippen LogP contribution in [0.15, 0.2) is 60.8 Å². The van der Waals surface area contributed by atoms with Crippen LogP contribution in [0.3, 0.4) is 0 Å². The molecule has 1 aliphatic carbocycles. The van der Waals surface area contributed by atoms with E-state index in [9.17, 15) is 18.8 Å². The minimum absolute atomic E-state index is 0.0857. The lowest BCUT2D eigenvalue weighted by Crippen LogP contribution is -2.48. The summed E-state index contributed by atoms with van der Waals surface area (Å²) in [6.07, 6.45) is 4.16. The first-order chi connectivity index (χ1) is 18.4. The summed E-state index contributed by atoms with van der Waals surface area (Å²) >= 11 is 0. The highest BCUT2D eigenvalue weighted by Gasteiger charge is 2.44. The number of rotatable bonds is 5. The van der Waals surface area contributed by atoms with Crippen molar-refractivity contribution in [2.24, 2.45) is 0 Å². The minimum atomic E-state index is -0.983. The molecule has 3 amide bonds. The van der Waals surface area contributed by atoms with E-state index in [0.717, 1.165) is 36.3 Å². The Morgan fingerprint density at radius 1 is 0.895 bits per heavy atom. The van der Waals surface area contributed by atoms with Crippen LogP contribution in [0.1, 0.15) is 38.2 Å². The van der Waals surface area contributed by atoms with E-state index in [-0.39, 0.29) is 17.6 Å². The van der Waals surface area contributed by atoms with Crippen molar-refractivity contribution in [2.75, 3.05) is 41.7 Å². The Balaban J connectivity index is 1.25. The van der Waals surface area contributed by atoms with Crippen LogP contribution < -0.4 is 15.5 Å². The van der Waals surface area contributed by atoms with Gasteiger partial charge in [0.1, 0.15) is 11.6 Å². The molecule has 1 aromatic heterocycles. The van der Waals surface area contributed by atoms with Crippen molar-refractivity contribution in [3.63, 3.8) is 0 Å². The molecule has 2 fully saturated rings. The molecule has 9 nitrogen and oxygen atoms in total. The molecule has 2 aliphatic rings. The van der Waals surface area contributed by atoms with Crippen LogP contribution in [0.5, 0.6) is 0 Å². The van der Waals surface area contributed by atoms with Crippen LogP contribution in [0.2, 0.25) is 0 Å². The van der Waals surface area contributed by atoms with Gasteiger partial charge >= 0.3 is 6.03 Å². The van der Waals surface area contributed by atoms with E-state index in [1.807, 2.05) is 17.0 Å². The van der Waals surface area contributed by atoms with Gasteiger partial charge in [-0.2, -0.15) is 9.78 Å². The number of anilines is 3. The first-order valence-corrected chi connectivity index (χ1v) is 12.9. The van der Waals surface area contributed by atoms with Crippen LogP contribution in [0.25, 0.3) is 0 Å². The van der Waals surface area contributed by atoms with E-state index in [0.29, 0.717) is 37.2 Å². The van der Waals surface area contributed by atoms with E-state index in [2.05, 4.69) is 20.6 Å². The lowest BCUT2D eigenvalue weighted by Gasteiger charge is -2.35. The van der Waals surface area contributed by atoms with Gasteiger partial charge in [0.05, 0.1) is 11.6 Å². The molecule has 0 atom stereocenters. The molecule has 0 spiro atoms. The molecule has 3 aromatic rings. The second kappa shape index (κ2) is 10.6. The minimum Gasteiger partial charge on any atom is -0.368 e. The molecule has 2 N–H and O–H groups in total. The monoisotopic (exact) mass is 518 g/mol. The fourth-order valence-corrected chi connectivity index (χ4v) is 5.45. The summed E-state index contributed by atoms with van der Waals surface area (Å²) in [4.78, 5) is 42.1. The molecule has 2 aromatic carbocycles. The number of aromatic nitrogens is 2. The van der Waals surface area contributed by atoms with Gasteiger partial charge in [-0.25, -0.2) is 9.18 Å². The predicted molar refractivity (Wildman–Crippen MR) is 143 cm³/mol. The molecule has 5 rings (SSSR count). The molecule has 1 saturated heterocycles. The number of hydrogen-bond donors (Lipinski definition) is 2. The number of carbonyl (C=O) groups excluding carboxylic acids is 3. The van der Waals surface area contributed by atoms with Crippen molar-refractivity contribution in [3.05, 3.63) is 72.2 Å². The molecule has 1 saturated carbocycles. The van der Waals surface area contributed by atoms with E-state index >= 15 is 0 Å². The standard InChI is InChI=1S/C28H31FN6O3/c1-20(36)33-16-18-34(19-17-33)22-10-8-21(9-11-22)31-27(38)35-25(12-15-30-35)32-26(37)28(13-4-5-14-28)23-6-2-3-7-24(23)29/h2-3,6-12,15H,4-5,13-14,16-19H2,1H3,(H,31,38)(H,32,37). The number of benzene rings is 2. The molecular formula is C28H31FN6O3. The Labute approximate surface area is 220 Å². The highest BCUT2D eigenvalue weighted by atomic mass is 19.1. The molecule has 198 valence electrons. The van der Waals surface area contributed by atoms with Gasteiger partial charge in [-0.15, -0.1) is 0 Å². The maximum atomic E-state index is 14.7. The average Bonchev–Trinajstić information content (AvgIpc) is 3.60. The molecule has 10 heteroatoms. The van der Waals surface area contributed by atoms with Crippen LogP contribution >= 0.6 is 0 Å². The van der Waals surface area contributed by atoms with Gasteiger partial charge in [0.2, 0.25) is 11.8 Å². The Hall–Kier alpha value is -4.21. The maximum Gasteiger partial charge on any atom is 0.348 e. The summed E-state index contributed by atoms with van der Waals surface area (Å²) in [5, 5.41) is 9.73. The lowest BCUT2D eigenvalue weighted by molar-refractivity contribution is -0.129. The van der Waals surface area contributed by atoms with Crippen molar-refractivity contribution in [2.45, 2.75) is 38.0 Å². The molecule has 0 unspecified atom stereocenters. The highest BCUT2D eigenvalue weighted by Crippen LogP contribution is 2.43. The summed E-state index contributed by atoms with van der Waals surface area (Å²) < 4.78 is 15.8. The fraction of sp³-hybridized carbons (Fsp3) is 0.357. The number of amides is 3. The van der Waals surface area contributed by atoms with Gasteiger partial charge in [-0.1, -0.05) is 31.0 Å². The summed E-state index contributed by atoms with van der Waals surface area (Å²) in [5.41, 5.74) is 0.983. The molecule has 1 aliphatic heterocycles. The molecule has 0 bridgehead atoms. The zero-order valence-corrected chi connectivity index (χ0v) is 21.3. The number of carbonyl (C=O) groups is 3. The van der Waals surface area contributed by atoms with Crippen LogP contribution in [0, 0.1) is 5.82 Å². The normalized spacial score (nSPS) is 16.8. The third kappa shape index (κ3) is 4.98. The van der Waals surface area contributed by atoms with E-state index in [1.165, 1.54) is 12.3 Å². The van der Waals surface area contributed by atoms with Crippen LogP contribution in [0.4, 0.5) is 26.4 Å². The predicted octanol–water partition coefficient (Wildman–Crippen LogP) is 4.22. The zero-order chi connectivity index (χ0) is 26.7. The van der Waals surface area contributed by atoms with Gasteiger partial charge < -0.3 is 20.4 Å². The summed E-state index contributed by atoms with van der Waals surface area (Å²) in [6.45, 7) is 4.44. The molecule has 38 heavy (non-hydrogen) atoms. The number of halogens is 1. The number of piperazine rings is 1. The molecule has 2 heterocycles. The molecular weight excluding hydrogens is 487 g/mol. The lowest BCUT2D eigenvalue weighted by atomic mass is 9.77. The molecule has 0 radical (unpaired) electrons. The van der Waals surface area contributed by atoms with Gasteiger partial charge in [-0.05, 0) is 43.2 Å². The fourth-order valence-electron chi connectivity index (χ4n) is 5.45. The van der Waals surface area contributed by atoms with Crippen molar-refractivity contribution in [1.29, 1.82) is 0 Å². The van der Waals surface area contributed by atoms with Gasteiger partial charge in [0, 0.05) is 56.1 Å². The van der Waals surface area contributed by atoms with Crippen molar-refractivity contribution in [3.8, 4) is 0 Å². The number of hydrogen-bond acceptors (Lipinski definition) is 5. The van der Waals surface area contributed by atoms with Gasteiger partial charge in [-0.3, -0.25) is 9.59 Å². The smallest absolute Gasteiger partial charge is 0.348 e. The second-order valence-electron chi connectivity index (χ2n) is 9.82. The van der Waals surface area contributed by atoms with E-state index < -0.39 is 17.3 Å². The largest absolute Gasteiger partial charge is 0.368 e. The second-order valence-corrected chi connectivity index (χ2v) is 9.82. The maximum absolute atomic E-state index is 14.7. The number of nitrogens with zero attached hydrogens (tertiary/aromatic N) is 4. The first-order valence-electron chi connectivity index (χ1n) is 12.9. The van der Waals surface area contributed by atoms with Gasteiger partial charge in [0.25, 0.3) is 0 Å². The van der Waals surface area contributed by atoms with Crippen molar-refractivity contribution >= 4 is 35.0 Å². The zero-order valence-electron chi connectivity index (χ0n) is 21.3. The average molecular weight is 519 g/mol. The third-order valence-electron chi connectivity index (χ3n) is 7.57. The Kier molecular flexibility index (Phi) is 7.13. The Morgan fingerprint density at radius 3 is 2.24 bits per heavy atom. The summed E-state index contributed by atoms with van der Waals surface area (Å²) in [7, 11) is 0. The van der Waals surface area contributed by atoms with Gasteiger partial charge in [0.15, 0.2) is 0 Å². The van der Waals surface area contributed by atoms with Crippen molar-refractivity contribution in [1.82, 2.24) is 14.7 Å². The SMILES string of the molecule is CC(=O)N1CCN(c2ccc(NC(=O)n3nccc3NC(=O)C3(c4ccccc4F)CCCC3)cc2)CC1. The van der Waals surface area contributed by atoms with Crippen LogP contribution in [-0.2, 0) is 15.0 Å².